The summed E-state index contributed by atoms with van der Waals surface area (Å²) in [5.41, 5.74) is 1.41. The Balaban J connectivity index is 1.51. The third-order valence-corrected chi connectivity index (χ3v) is 6.63. The topological polar surface area (TPSA) is 33.2 Å². The van der Waals surface area contributed by atoms with Crippen molar-refractivity contribution in [2.75, 3.05) is 13.1 Å². The van der Waals surface area contributed by atoms with Crippen LogP contribution in [-0.2, 0) is 12.8 Å². The van der Waals surface area contributed by atoms with Crippen LogP contribution in [-0.4, -0.2) is 28.9 Å². The highest BCUT2D eigenvalue weighted by Gasteiger charge is 2.28. The molecule has 0 spiro atoms. The van der Waals surface area contributed by atoms with Crippen molar-refractivity contribution < 1.29 is 4.79 Å². The summed E-state index contributed by atoms with van der Waals surface area (Å²) in [5.74, 6) is 0.658. The lowest BCUT2D eigenvalue weighted by atomic mass is 9.98. The van der Waals surface area contributed by atoms with Crippen LogP contribution in [0.2, 0.25) is 0 Å². The fourth-order valence-corrected chi connectivity index (χ4v) is 5.38. The highest BCUT2D eigenvalue weighted by atomic mass is 32.1. The van der Waals surface area contributed by atoms with Crippen molar-refractivity contribution in [1.29, 1.82) is 0 Å². The monoisotopic (exact) mass is 318 g/mol. The molecule has 3 nitrogen and oxygen atoms in total. The van der Waals surface area contributed by atoms with Crippen LogP contribution in [0.1, 0.15) is 50.3 Å². The number of fused-ring (bicyclic) bond motifs is 1. The van der Waals surface area contributed by atoms with E-state index in [4.69, 9.17) is 0 Å². The molecule has 3 heterocycles. The molecule has 2 aromatic rings. The van der Waals surface area contributed by atoms with E-state index in [-0.39, 0.29) is 5.91 Å². The van der Waals surface area contributed by atoms with Crippen LogP contribution in [0.15, 0.2) is 17.6 Å². The summed E-state index contributed by atoms with van der Waals surface area (Å²) in [7, 11) is 0. The van der Waals surface area contributed by atoms with Gasteiger partial charge in [0.1, 0.15) is 0 Å². The number of carbonyl (C=O) groups is 1. The van der Waals surface area contributed by atoms with Crippen LogP contribution in [0.3, 0.4) is 0 Å². The van der Waals surface area contributed by atoms with Gasteiger partial charge in [0.2, 0.25) is 0 Å². The quantitative estimate of drug-likeness (QED) is 0.845. The van der Waals surface area contributed by atoms with Gasteiger partial charge in [0.15, 0.2) is 0 Å². The van der Waals surface area contributed by atoms with Gasteiger partial charge in [-0.15, -0.1) is 22.7 Å². The van der Waals surface area contributed by atoms with Gasteiger partial charge in [-0.1, -0.05) is 0 Å². The molecule has 110 valence electrons. The van der Waals surface area contributed by atoms with Crippen molar-refractivity contribution in [3.63, 3.8) is 0 Å². The molecule has 1 amide bonds. The van der Waals surface area contributed by atoms with E-state index >= 15 is 0 Å². The number of thiophene rings is 1. The summed E-state index contributed by atoms with van der Waals surface area (Å²) in [6.07, 6.45) is 7.67. The molecule has 0 N–H and O–H groups in total. The van der Waals surface area contributed by atoms with E-state index < -0.39 is 0 Å². The molecule has 2 aliphatic rings. The maximum atomic E-state index is 12.7. The van der Waals surface area contributed by atoms with Crippen molar-refractivity contribution in [3.05, 3.63) is 38.0 Å². The molecule has 1 saturated heterocycles. The van der Waals surface area contributed by atoms with Crippen LogP contribution in [0.4, 0.5) is 0 Å². The first kappa shape index (κ1) is 13.5. The third-order valence-electron chi connectivity index (χ3n) is 4.47. The molecule has 0 radical (unpaired) electrons. The number of piperidine rings is 1. The standard InChI is InChI=1S/C16H18N2OS2/c19-16(14-9-11-3-1-5-13(11)21-14)18-7-2-4-12(10-18)15-17-6-8-20-15/h6,8-9,12H,1-5,7,10H2/t12-/m1/s1. The number of nitrogens with zero attached hydrogens (tertiary/aromatic N) is 2. The van der Waals surface area contributed by atoms with E-state index in [2.05, 4.69) is 11.1 Å². The summed E-state index contributed by atoms with van der Waals surface area (Å²) in [6, 6.07) is 2.14. The molecule has 1 fully saturated rings. The maximum Gasteiger partial charge on any atom is 0.263 e. The van der Waals surface area contributed by atoms with Crippen LogP contribution < -0.4 is 0 Å². The zero-order chi connectivity index (χ0) is 14.2. The Kier molecular flexibility index (Phi) is 3.55. The summed E-state index contributed by atoms with van der Waals surface area (Å²) >= 11 is 3.43. The minimum Gasteiger partial charge on any atom is -0.337 e. The second kappa shape index (κ2) is 5.54. The largest absolute Gasteiger partial charge is 0.337 e. The highest BCUT2D eigenvalue weighted by molar-refractivity contribution is 7.14. The van der Waals surface area contributed by atoms with Crippen molar-refractivity contribution in [2.45, 2.75) is 38.0 Å². The molecule has 0 aromatic carbocycles. The lowest BCUT2D eigenvalue weighted by Crippen LogP contribution is -2.38. The molecule has 0 unspecified atom stereocenters. The molecule has 1 aliphatic carbocycles. The molecular weight excluding hydrogens is 300 g/mol. The summed E-state index contributed by atoms with van der Waals surface area (Å²) in [6.45, 7) is 1.72. The van der Waals surface area contributed by atoms with Crippen LogP contribution in [0.5, 0.6) is 0 Å². The van der Waals surface area contributed by atoms with Gasteiger partial charge >= 0.3 is 0 Å². The minimum atomic E-state index is 0.232. The van der Waals surface area contributed by atoms with Crippen LogP contribution >= 0.6 is 22.7 Å². The molecule has 5 heteroatoms. The Labute approximate surface area is 132 Å². The lowest BCUT2D eigenvalue weighted by Gasteiger charge is -2.31. The van der Waals surface area contributed by atoms with Gasteiger partial charge in [-0.2, -0.15) is 0 Å². The molecule has 21 heavy (non-hydrogen) atoms. The molecule has 1 aliphatic heterocycles. The molecule has 0 bridgehead atoms. The molecular formula is C16H18N2OS2. The first-order valence-electron chi connectivity index (χ1n) is 7.61. The number of likely N-dealkylation sites (tertiary alicyclic amines) is 1. The number of amides is 1. The Morgan fingerprint density at radius 3 is 3.10 bits per heavy atom. The molecule has 4 rings (SSSR count). The predicted molar refractivity (Wildman–Crippen MR) is 86.3 cm³/mol. The Morgan fingerprint density at radius 1 is 1.33 bits per heavy atom. The summed E-state index contributed by atoms with van der Waals surface area (Å²) in [4.78, 5) is 21.6. The number of hydrogen-bond donors (Lipinski definition) is 0. The maximum absolute atomic E-state index is 12.7. The van der Waals surface area contributed by atoms with Crippen molar-refractivity contribution in [3.8, 4) is 0 Å². The van der Waals surface area contributed by atoms with Crippen molar-refractivity contribution >= 4 is 28.6 Å². The summed E-state index contributed by atoms with van der Waals surface area (Å²) in [5, 5.41) is 3.21. The predicted octanol–water partition coefficient (Wildman–Crippen LogP) is 3.71. The molecule has 2 aromatic heterocycles. The van der Waals surface area contributed by atoms with Gasteiger partial charge in [0.25, 0.3) is 5.91 Å². The smallest absolute Gasteiger partial charge is 0.263 e. The Hall–Kier alpha value is -1.20. The minimum absolute atomic E-state index is 0.232. The van der Waals surface area contributed by atoms with E-state index in [1.165, 1.54) is 21.9 Å². The van der Waals surface area contributed by atoms with Gasteiger partial charge in [0, 0.05) is 35.5 Å². The number of thiazole rings is 1. The average molecular weight is 318 g/mol. The second-order valence-corrected chi connectivity index (χ2v) is 7.94. The van der Waals surface area contributed by atoms with Crippen LogP contribution in [0, 0.1) is 0 Å². The highest BCUT2D eigenvalue weighted by Crippen LogP contribution is 2.33. The fourth-order valence-electron chi connectivity index (χ4n) is 3.39. The number of hydrogen-bond acceptors (Lipinski definition) is 4. The second-order valence-electron chi connectivity index (χ2n) is 5.87. The normalized spacial score (nSPS) is 21.5. The van der Waals surface area contributed by atoms with Gasteiger partial charge in [-0.25, -0.2) is 4.98 Å². The zero-order valence-electron chi connectivity index (χ0n) is 11.9. The number of aryl methyl sites for hydroxylation is 2. The van der Waals surface area contributed by atoms with E-state index in [1.807, 2.05) is 16.5 Å². The van der Waals surface area contributed by atoms with E-state index in [0.717, 1.165) is 43.6 Å². The van der Waals surface area contributed by atoms with Gasteiger partial charge in [-0.05, 0) is 43.7 Å². The first-order valence-corrected chi connectivity index (χ1v) is 9.31. The SMILES string of the molecule is O=C(c1cc2c(s1)CCC2)N1CCC[C@@H](c2nccs2)C1. The lowest BCUT2D eigenvalue weighted by molar-refractivity contribution is 0.0712. The van der Waals surface area contributed by atoms with Crippen molar-refractivity contribution in [2.24, 2.45) is 0 Å². The average Bonchev–Trinajstić information content (AvgIpc) is 3.22. The molecule has 1 atom stereocenters. The van der Waals surface area contributed by atoms with Crippen LogP contribution in [0.25, 0.3) is 0 Å². The van der Waals surface area contributed by atoms with Crippen molar-refractivity contribution in [1.82, 2.24) is 9.88 Å². The number of rotatable bonds is 2. The Bertz CT molecular complexity index is 626. The third kappa shape index (κ3) is 2.53. The first-order chi connectivity index (χ1) is 10.3. The Morgan fingerprint density at radius 2 is 2.29 bits per heavy atom. The zero-order valence-corrected chi connectivity index (χ0v) is 13.5. The van der Waals surface area contributed by atoms with E-state index in [1.54, 1.807) is 22.7 Å². The fraction of sp³-hybridized carbons (Fsp3) is 0.500. The molecule has 0 saturated carbocycles. The number of carbonyl (C=O) groups excluding carboxylic acids is 1. The summed E-state index contributed by atoms with van der Waals surface area (Å²) < 4.78 is 0. The van der Waals surface area contributed by atoms with Gasteiger partial charge in [-0.3, -0.25) is 4.79 Å². The van der Waals surface area contributed by atoms with Gasteiger partial charge < -0.3 is 4.90 Å². The number of aromatic nitrogens is 1. The van der Waals surface area contributed by atoms with E-state index in [0.29, 0.717) is 5.92 Å². The van der Waals surface area contributed by atoms with E-state index in [9.17, 15) is 4.79 Å². The van der Waals surface area contributed by atoms with Gasteiger partial charge in [0.05, 0.1) is 9.88 Å².